The van der Waals surface area contributed by atoms with Crippen LogP contribution < -0.4 is 7.63 Å². The second-order valence-corrected chi connectivity index (χ2v) is 11.1. The summed E-state index contributed by atoms with van der Waals surface area (Å²) in [5, 5.41) is 12.5. The SMILES string of the molecule is Cc1c(OI)ccc2c3c4c(ccc3n(-c3cccc[n+]3C)c12)=c1ccccc1=c1ccccc1=c1ccccc1=4. The van der Waals surface area contributed by atoms with Crippen molar-refractivity contribution in [2.75, 3.05) is 0 Å². The molecule has 0 radical (unpaired) electrons. The van der Waals surface area contributed by atoms with Crippen molar-refractivity contribution < 1.29 is 7.63 Å². The number of benzene rings is 5. The first-order valence-electron chi connectivity index (χ1n) is 13.8. The van der Waals surface area contributed by atoms with Crippen LogP contribution in [0.2, 0.25) is 0 Å². The highest BCUT2D eigenvalue weighted by atomic mass is 127. The van der Waals surface area contributed by atoms with Crippen LogP contribution >= 0.6 is 23.0 Å². The Hall–Kier alpha value is -4.42. The molecule has 0 bridgehead atoms. The maximum atomic E-state index is 5.81. The van der Waals surface area contributed by atoms with Gasteiger partial charge < -0.3 is 3.07 Å². The molecule has 0 atom stereocenters. The molecule has 41 heavy (non-hydrogen) atoms. The summed E-state index contributed by atoms with van der Waals surface area (Å²) in [4.78, 5) is 0. The Balaban J connectivity index is 1.83. The van der Waals surface area contributed by atoms with E-state index < -0.39 is 0 Å². The highest BCUT2D eigenvalue weighted by Crippen LogP contribution is 2.38. The summed E-state index contributed by atoms with van der Waals surface area (Å²) in [6.07, 6.45) is 2.11. The second kappa shape index (κ2) is 9.32. The lowest BCUT2D eigenvalue weighted by Gasteiger charge is -2.07. The minimum Gasteiger partial charge on any atom is -0.427 e. The Morgan fingerprint density at radius 2 is 1.17 bits per heavy atom. The number of nitrogens with zero attached hydrogens (tertiary/aromatic N) is 2. The van der Waals surface area contributed by atoms with Crippen molar-refractivity contribution in [1.82, 2.24) is 4.57 Å². The molecule has 0 spiro atoms. The van der Waals surface area contributed by atoms with Crippen LogP contribution in [0.5, 0.6) is 5.75 Å². The predicted octanol–water partition coefficient (Wildman–Crippen LogP) is 8.11. The van der Waals surface area contributed by atoms with E-state index in [-0.39, 0.29) is 0 Å². The molecule has 0 N–H and O–H groups in total. The third-order valence-electron chi connectivity index (χ3n) is 8.56. The summed E-state index contributed by atoms with van der Waals surface area (Å²) in [7, 11) is 2.11. The highest BCUT2D eigenvalue weighted by molar-refractivity contribution is 14.1. The van der Waals surface area contributed by atoms with E-state index in [2.05, 4.69) is 145 Å². The molecular weight excluding hydrogens is 615 g/mol. The molecule has 0 amide bonds. The van der Waals surface area contributed by atoms with Crippen molar-refractivity contribution in [2.24, 2.45) is 7.05 Å². The van der Waals surface area contributed by atoms with Gasteiger partial charge in [-0.3, -0.25) is 0 Å². The zero-order valence-electron chi connectivity index (χ0n) is 22.7. The van der Waals surface area contributed by atoms with Crippen LogP contribution in [0.15, 0.2) is 121 Å². The fourth-order valence-electron chi connectivity index (χ4n) is 6.76. The third kappa shape index (κ3) is 3.47. The van der Waals surface area contributed by atoms with E-state index in [0.29, 0.717) is 0 Å². The summed E-state index contributed by atoms with van der Waals surface area (Å²) in [5.41, 5.74) is 3.46. The molecule has 0 aliphatic heterocycles. The number of hydrogen-bond donors (Lipinski definition) is 0. The molecule has 5 aromatic carbocycles. The van der Waals surface area contributed by atoms with Crippen molar-refractivity contribution in [3.8, 4) is 11.6 Å². The Morgan fingerprint density at radius 1 is 0.610 bits per heavy atom. The van der Waals surface area contributed by atoms with Crippen LogP contribution in [0.3, 0.4) is 0 Å². The van der Waals surface area contributed by atoms with Gasteiger partial charge in [0.15, 0.2) is 23.0 Å². The minimum atomic E-state index is 0.878. The van der Waals surface area contributed by atoms with Crippen LogP contribution in [-0.4, -0.2) is 4.57 Å². The van der Waals surface area contributed by atoms with E-state index >= 15 is 0 Å². The van der Waals surface area contributed by atoms with E-state index in [1.54, 1.807) is 0 Å². The van der Waals surface area contributed by atoms with Crippen LogP contribution in [-0.2, 0) is 7.05 Å². The molecule has 0 saturated heterocycles. The molecule has 2 aromatic heterocycles. The van der Waals surface area contributed by atoms with E-state index in [0.717, 1.165) is 22.6 Å². The van der Waals surface area contributed by atoms with Crippen LogP contribution in [0, 0.1) is 48.7 Å². The molecule has 196 valence electrons. The Kier molecular flexibility index (Phi) is 5.54. The average Bonchev–Trinajstić information content (AvgIpc) is 3.35. The maximum absolute atomic E-state index is 5.81. The van der Waals surface area contributed by atoms with Crippen LogP contribution in [0.25, 0.3) is 27.6 Å². The smallest absolute Gasteiger partial charge is 0.286 e. The van der Waals surface area contributed by atoms with Crippen molar-refractivity contribution in [1.29, 1.82) is 0 Å². The lowest BCUT2D eigenvalue weighted by atomic mass is 9.99. The molecule has 0 saturated carbocycles. The first-order chi connectivity index (χ1) is 20.2. The van der Waals surface area contributed by atoms with Gasteiger partial charge in [0.25, 0.3) is 5.82 Å². The largest absolute Gasteiger partial charge is 0.427 e. The zero-order valence-corrected chi connectivity index (χ0v) is 24.9. The van der Waals surface area contributed by atoms with Gasteiger partial charge in [-0.05, 0) is 73.8 Å². The highest BCUT2D eigenvalue weighted by Gasteiger charge is 2.25. The van der Waals surface area contributed by atoms with Gasteiger partial charge in [-0.1, -0.05) is 78.9 Å². The number of aromatic nitrogens is 2. The Morgan fingerprint density at radius 3 is 1.78 bits per heavy atom. The Bertz CT molecular complexity index is 2600. The number of pyridine rings is 1. The maximum Gasteiger partial charge on any atom is 0.286 e. The molecule has 2 heterocycles. The van der Waals surface area contributed by atoms with Crippen molar-refractivity contribution in [3.05, 3.63) is 169 Å². The van der Waals surface area contributed by atoms with Crippen molar-refractivity contribution >= 4 is 44.8 Å². The number of fused-ring (bicyclic) bond motifs is 8. The number of hydrogen-bond acceptors (Lipinski definition) is 1. The molecule has 7 aromatic rings. The molecule has 8 rings (SSSR count). The number of halogens is 1. The molecule has 0 unspecified atom stereocenters. The summed E-state index contributed by atoms with van der Waals surface area (Å²) < 4.78 is 10.4. The molecular formula is C37H26IN2O+. The van der Waals surface area contributed by atoms with Crippen LogP contribution in [0.1, 0.15) is 5.56 Å². The first kappa shape index (κ1) is 24.4. The summed E-state index contributed by atoms with van der Waals surface area (Å²) in [6.45, 7) is 2.16. The van der Waals surface area contributed by atoms with Gasteiger partial charge in [-0.25, -0.2) is 4.57 Å². The standard InChI is InChI=1S/C37H26IN2O/c1-23-33(41-38)21-19-31-36-32(40(37(23)31)34-17-9-10-22-39(34)2)20-18-30-28-15-6-5-13-26(28)24-11-3-4-12-25(24)27-14-7-8-16-29(27)35(30)36/h3-22H,1-2H3/q+1. The van der Waals surface area contributed by atoms with Gasteiger partial charge in [0, 0.05) is 27.6 Å². The van der Waals surface area contributed by atoms with Gasteiger partial charge in [-0.15, -0.1) is 0 Å². The summed E-state index contributed by atoms with van der Waals surface area (Å²) in [6, 6.07) is 41.9. The molecule has 4 heteroatoms. The van der Waals surface area contributed by atoms with Gasteiger partial charge in [-0.2, -0.15) is 4.57 Å². The molecule has 1 aliphatic carbocycles. The van der Waals surface area contributed by atoms with E-state index in [9.17, 15) is 0 Å². The minimum absolute atomic E-state index is 0.878. The van der Waals surface area contributed by atoms with Crippen LogP contribution in [0.4, 0.5) is 0 Å². The third-order valence-corrected chi connectivity index (χ3v) is 9.03. The van der Waals surface area contributed by atoms with Gasteiger partial charge in [0.1, 0.15) is 16.8 Å². The topological polar surface area (TPSA) is 18.0 Å². The average molecular weight is 642 g/mol. The zero-order chi connectivity index (χ0) is 27.7. The van der Waals surface area contributed by atoms with Gasteiger partial charge in [0.2, 0.25) is 0 Å². The number of rotatable bonds is 2. The van der Waals surface area contributed by atoms with Gasteiger partial charge in [0.05, 0.1) is 13.2 Å². The van der Waals surface area contributed by atoms with E-state index in [1.807, 2.05) is 23.0 Å². The summed E-state index contributed by atoms with van der Waals surface area (Å²) >= 11 is 1.99. The molecule has 0 fully saturated rings. The van der Waals surface area contributed by atoms with Gasteiger partial charge >= 0.3 is 0 Å². The fourth-order valence-corrected chi connectivity index (χ4v) is 7.23. The molecule has 1 aliphatic rings. The fraction of sp³-hybridized carbons (Fsp3) is 0.0541. The summed E-state index contributed by atoms with van der Waals surface area (Å²) in [5.74, 6) is 1.98. The number of aryl methyl sites for hydroxylation is 2. The normalized spacial score (nSPS) is 11.8. The Labute approximate surface area is 250 Å². The van der Waals surface area contributed by atoms with Crippen molar-refractivity contribution in [2.45, 2.75) is 6.92 Å². The van der Waals surface area contributed by atoms with E-state index in [1.165, 1.54) is 58.0 Å². The predicted molar refractivity (Wildman–Crippen MR) is 171 cm³/mol. The first-order valence-corrected chi connectivity index (χ1v) is 14.7. The second-order valence-electron chi connectivity index (χ2n) is 10.7. The quantitative estimate of drug-likeness (QED) is 0.138. The van der Waals surface area contributed by atoms with E-state index in [4.69, 9.17) is 3.07 Å². The molecule has 3 nitrogen and oxygen atoms in total. The lowest BCUT2D eigenvalue weighted by Crippen LogP contribution is -2.33. The lowest BCUT2D eigenvalue weighted by molar-refractivity contribution is -0.665. The van der Waals surface area contributed by atoms with Crippen molar-refractivity contribution in [3.63, 3.8) is 0 Å². The monoisotopic (exact) mass is 641 g/mol.